The zero-order valence-electron chi connectivity index (χ0n) is 42.7. The first-order chi connectivity index (χ1) is 32.5. The maximum Gasteiger partial charge on any atom is 0.306 e. The summed E-state index contributed by atoms with van der Waals surface area (Å²) in [5, 5.41) is 0. The van der Waals surface area contributed by atoms with Crippen LogP contribution < -0.4 is 0 Å². The molecule has 0 saturated heterocycles. The Hall–Kier alpha value is -3.93. The van der Waals surface area contributed by atoms with Gasteiger partial charge in [-0.1, -0.05) is 220 Å². The molecule has 0 aliphatic rings. The fourth-order valence-corrected chi connectivity index (χ4v) is 7.05. The summed E-state index contributed by atoms with van der Waals surface area (Å²) in [5.74, 6) is -0.941. The Kier molecular flexibility index (Phi) is 50.5. The standard InChI is InChI=1S/C60H98O6/c1-4-7-10-13-16-18-20-22-23-24-25-26-27-28-29-30-31-32-33-34-35-36-37-39-40-42-44-47-50-53-59(62)65-56-57(55-64-58(61)52-49-46-15-12-9-6-3)66-60(63)54-51-48-45-43-41-38-21-19-17-14-11-8-5-2/h7-8,10-11,16-19,22-23,25-26,28-29,31-32,38,41,57H,4-6,9,12-15,20-21,24,27,30,33-37,39-40,42-56H2,1-3H3/b10-7-,11-8-,18-16-,19-17-,23-22-,26-25-,29-28-,32-31-,41-38-. The molecule has 374 valence electrons. The van der Waals surface area contributed by atoms with E-state index in [1.165, 1.54) is 70.6 Å². The fraction of sp³-hybridized carbons (Fsp3) is 0.650. The summed E-state index contributed by atoms with van der Waals surface area (Å²) in [6.45, 7) is 6.31. The van der Waals surface area contributed by atoms with E-state index in [1.807, 2.05) is 0 Å². The van der Waals surface area contributed by atoms with Crippen molar-refractivity contribution in [1.82, 2.24) is 0 Å². The maximum absolute atomic E-state index is 12.7. The molecule has 1 unspecified atom stereocenters. The number of ether oxygens (including phenoxy) is 3. The summed E-state index contributed by atoms with van der Waals surface area (Å²) in [6, 6.07) is 0. The Morgan fingerprint density at radius 3 is 0.939 bits per heavy atom. The van der Waals surface area contributed by atoms with Crippen LogP contribution in [0.2, 0.25) is 0 Å². The van der Waals surface area contributed by atoms with Crippen LogP contribution in [0.15, 0.2) is 109 Å². The van der Waals surface area contributed by atoms with Gasteiger partial charge < -0.3 is 14.2 Å². The van der Waals surface area contributed by atoms with Crippen molar-refractivity contribution >= 4 is 17.9 Å². The number of carbonyl (C=O) groups is 3. The van der Waals surface area contributed by atoms with Crippen LogP contribution in [-0.2, 0) is 28.6 Å². The monoisotopic (exact) mass is 915 g/mol. The summed E-state index contributed by atoms with van der Waals surface area (Å²) in [4.78, 5) is 37.7. The molecule has 6 heteroatoms. The smallest absolute Gasteiger partial charge is 0.306 e. The lowest BCUT2D eigenvalue weighted by Gasteiger charge is -2.18. The van der Waals surface area contributed by atoms with E-state index in [-0.39, 0.29) is 31.1 Å². The summed E-state index contributed by atoms with van der Waals surface area (Å²) in [5.41, 5.74) is 0. The summed E-state index contributed by atoms with van der Waals surface area (Å²) < 4.78 is 16.7. The van der Waals surface area contributed by atoms with Gasteiger partial charge in [0.2, 0.25) is 0 Å². The molecule has 0 fully saturated rings. The van der Waals surface area contributed by atoms with Crippen LogP contribution in [0, 0.1) is 0 Å². The van der Waals surface area contributed by atoms with E-state index in [2.05, 4.69) is 130 Å². The molecule has 0 amide bonds. The Bertz CT molecular complexity index is 1370. The van der Waals surface area contributed by atoms with Crippen LogP contribution in [0.5, 0.6) is 0 Å². The Morgan fingerprint density at radius 2 is 0.591 bits per heavy atom. The number of esters is 3. The van der Waals surface area contributed by atoms with E-state index in [0.29, 0.717) is 19.3 Å². The molecule has 0 aromatic carbocycles. The van der Waals surface area contributed by atoms with Crippen LogP contribution in [0.1, 0.15) is 233 Å². The third kappa shape index (κ3) is 51.1. The topological polar surface area (TPSA) is 78.9 Å². The first-order valence-corrected chi connectivity index (χ1v) is 26.9. The van der Waals surface area contributed by atoms with E-state index in [0.717, 1.165) is 122 Å². The molecule has 0 spiro atoms. The van der Waals surface area contributed by atoms with Gasteiger partial charge in [0.25, 0.3) is 0 Å². The van der Waals surface area contributed by atoms with Gasteiger partial charge in [-0.15, -0.1) is 0 Å². The molecule has 0 aliphatic heterocycles. The van der Waals surface area contributed by atoms with Gasteiger partial charge in [-0.3, -0.25) is 14.4 Å². The first kappa shape index (κ1) is 62.1. The van der Waals surface area contributed by atoms with E-state index in [4.69, 9.17) is 14.2 Å². The second kappa shape index (κ2) is 53.7. The van der Waals surface area contributed by atoms with E-state index < -0.39 is 6.10 Å². The molecule has 0 heterocycles. The highest BCUT2D eigenvalue weighted by Gasteiger charge is 2.19. The largest absolute Gasteiger partial charge is 0.462 e. The average molecular weight is 915 g/mol. The first-order valence-electron chi connectivity index (χ1n) is 26.9. The third-order valence-electron chi connectivity index (χ3n) is 11.0. The van der Waals surface area contributed by atoms with E-state index in [9.17, 15) is 14.4 Å². The molecule has 0 N–H and O–H groups in total. The van der Waals surface area contributed by atoms with Crippen molar-refractivity contribution in [1.29, 1.82) is 0 Å². The van der Waals surface area contributed by atoms with Crippen molar-refractivity contribution in [2.75, 3.05) is 13.2 Å². The normalized spacial score (nSPS) is 13.0. The Balaban J connectivity index is 4.13. The molecule has 0 aromatic rings. The quantitative estimate of drug-likeness (QED) is 0.0262. The Labute approximate surface area is 406 Å². The summed E-state index contributed by atoms with van der Waals surface area (Å²) in [6.07, 6.45) is 72.6. The van der Waals surface area contributed by atoms with Gasteiger partial charge >= 0.3 is 17.9 Å². The molecular weight excluding hydrogens is 817 g/mol. The lowest BCUT2D eigenvalue weighted by atomic mass is 10.1. The van der Waals surface area contributed by atoms with Gasteiger partial charge in [-0.2, -0.15) is 0 Å². The van der Waals surface area contributed by atoms with Gasteiger partial charge in [0.15, 0.2) is 6.10 Å². The number of hydrogen-bond acceptors (Lipinski definition) is 6. The SMILES string of the molecule is CC/C=C\C/C=C\C/C=C\C/C=C\C/C=C\C/C=C\CCCCCCCCCCCCC(=O)OCC(COC(=O)CCCCCCCC)OC(=O)CCCCC/C=C\C/C=C\C/C=C\CC. The van der Waals surface area contributed by atoms with Gasteiger partial charge in [0.05, 0.1) is 0 Å². The minimum Gasteiger partial charge on any atom is -0.462 e. The molecule has 66 heavy (non-hydrogen) atoms. The van der Waals surface area contributed by atoms with Crippen molar-refractivity contribution < 1.29 is 28.6 Å². The molecule has 0 radical (unpaired) electrons. The molecule has 1 atom stereocenters. The van der Waals surface area contributed by atoms with Crippen molar-refractivity contribution in [2.24, 2.45) is 0 Å². The zero-order valence-corrected chi connectivity index (χ0v) is 42.7. The third-order valence-corrected chi connectivity index (χ3v) is 11.0. The van der Waals surface area contributed by atoms with Gasteiger partial charge in [-0.05, 0) is 103 Å². The minimum absolute atomic E-state index is 0.0920. The number of allylic oxidation sites excluding steroid dienone is 18. The highest BCUT2D eigenvalue weighted by atomic mass is 16.6. The molecule has 0 rings (SSSR count). The lowest BCUT2D eigenvalue weighted by molar-refractivity contribution is -0.167. The predicted molar refractivity (Wildman–Crippen MR) is 283 cm³/mol. The van der Waals surface area contributed by atoms with Crippen LogP contribution in [-0.4, -0.2) is 37.2 Å². The van der Waals surface area contributed by atoms with Crippen LogP contribution in [0.4, 0.5) is 0 Å². The maximum atomic E-state index is 12.7. The zero-order chi connectivity index (χ0) is 47.9. The number of unbranched alkanes of at least 4 members (excludes halogenated alkanes) is 18. The fourth-order valence-electron chi connectivity index (χ4n) is 7.05. The van der Waals surface area contributed by atoms with Crippen LogP contribution >= 0.6 is 0 Å². The van der Waals surface area contributed by atoms with Crippen molar-refractivity contribution in [3.63, 3.8) is 0 Å². The van der Waals surface area contributed by atoms with Gasteiger partial charge in [-0.25, -0.2) is 0 Å². The van der Waals surface area contributed by atoms with Gasteiger partial charge in [0, 0.05) is 19.3 Å². The Morgan fingerprint density at radius 1 is 0.318 bits per heavy atom. The van der Waals surface area contributed by atoms with Crippen molar-refractivity contribution in [3.8, 4) is 0 Å². The average Bonchev–Trinajstić information content (AvgIpc) is 3.31. The molecule has 0 bridgehead atoms. The van der Waals surface area contributed by atoms with E-state index >= 15 is 0 Å². The minimum atomic E-state index is -0.792. The second-order valence-electron chi connectivity index (χ2n) is 17.4. The molecule has 6 nitrogen and oxygen atoms in total. The molecule has 0 saturated carbocycles. The van der Waals surface area contributed by atoms with Crippen molar-refractivity contribution in [2.45, 2.75) is 239 Å². The highest BCUT2D eigenvalue weighted by molar-refractivity contribution is 5.71. The molecule has 0 aliphatic carbocycles. The highest BCUT2D eigenvalue weighted by Crippen LogP contribution is 2.14. The summed E-state index contributed by atoms with van der Waals surface area (Å²) >= 11 is 0. The molecule has 0 aromatic heterocycles. The van der Waals surface area contributed by atoms with Crippen LogP contribution in [0.3, 0.4) is 0 Å². The number of carbonyl (C=O) groups excluding carboxylic acids is 3. The van der Waals surface area contributed by atoms with Gasteiger partial charge in [0.1, 0.15) is 13.2 Å². The lowest BCUT2D eigenvalue weighted by Crippen LogP contribution is -2.30. The van der Waals surface area contributed by atoms with Crippen molar-refractivity contribution in [3.05, 3.63) is 109 Å². The molecular formula is C60H98O6. The van der Waals surface area contributed by atoms with Crippen LogP contribution in [0.25, 0.3) is 0 Å². The second-order valence-corrected chi connectivity index (χ2v) is 17.4. The predicted octanol–water partition coefficient (Wildman–Crippen LogP) is 17.9. The number of hydrogen-bond donors (Lipinski definition) is 0. The number of rotatable bonds is 47. The summed E-state index contributed by atoms with van der Waals surface area (Å²) in [7, 11) is 0. The van der Waals surface area contributed by atoms with E-state index in [1.54, 1.807) is 0 Å².